The van der Waals surface area contributed by atoms with E-state index in [0.717, 1.165) is 4.88 Å². The molecule has 0 unspecified atom stereocenters. The van der Waals surface area contributed by atoms with Gasteiger partial charge in [0.25, 0.3) is 35.4 Å². The molecule has 0 saturated heterocycles. The van der Waals surface area contributed by atoms with Gasteiger partial charge < -0.3 is 10.6 Å². The van der Waals surface area contributed by atoms with Gasteiger partial charge in [-0.3, -0.25) is 44.4 Å². The van der Waals surface area contributed by atoms with Crippen molar-refractivity contribution in [2.24, 2.45) is 4.99 Å². The van der Waals surface area contributed by atoms with Crippen molar-refractivity contribution in [3.05, 3.63) is 111 Å². The molecule has 2 aliphatic heterocycles. The largest absolute Gasteiger partial charge is 0.322 e. The zero-order valence-corrected chi connectivity index (χ0v) is 21.6. The molecule has 200 valence electrons. The third kappa shape index (κ3) is 5.02. The van der Waals surface area contributed by atoms with Gasteiger partial charge in [-0.15, -0.1) is 11.3 Å². The Kier molecular flexibility index (Phi) is 6.28. The lowest BCUT2D eigenvalue weighted by Gasteiger charge is -2.06. The second-order valence-corrected chi connectivity index (χ2v) is 10.1. The molecule has 4 N–H and O–H groups in total. The number of hydrogen-bond acceptors (Lipinski definition) is 8. The van der Waals surface area contributed by atoms with E-state index in [9.17, 15) is 28.8 Å². The van der Waals surface area contributed by atoms with Crippen LogP contribution in [0.2, 0.25) is 0 Å². The molecule has 0 spiro atoms. The van der Waals surface area contributed by atoms with Crippen LogP contribution in [0.4, 0.5) is 16.4 Å². The summed E-state index contributed by atoms with van der Waals surface area (Å²) in [7, 11) is 0. The Morgan fingerprint density at radius 3 is 1.76 bits per heavy atom. The van der Waals surface area contributed by atoms with E-state index >= 15 is 0 Å². The molecular weight excluding hydrogens is 546 g/mol. The second kappa shape index (κ2) is 10.1. The van der Waals surface area contributed by atoms with Crippen molar-refractivity contribution in [1.29, 1.82) is 0 Å². The highest BCUT2D eigenvalue weighted by molar-refractivity contribution is 7.17. The van der Waals surface area contributed by atoms with Gasteiger partial charge in [0.1, 0.15) is 0 Å². The molecule has 0 aliphatic carbocycles. The zero-order chi connectivity index (χ0) is 28.7. The fraction of sp³-hybridized carbons (Fsp3) is 0. The summed E-state index contributed by atoms with van der Waals surface area (Å²) in [6.45, 7) is 0. The molecule has 0 fully saturated rings. The first-order chi connectivity index (χ1) is 19.7. The lowest BCUT2D eigenvalue weighted by atomic mass is 10.1. The number of rotatable bonds is 6. The van der Waals surface area contributed by atoms with E-state index in [2.05, 4.69) is 26.3 Å². The molecule has 0 bridgehead atoms. The zero-order valence-electron chi connectivity index (χ0n) is 20.8. The standard InChI is InChI=1S/C29H17N5O6S/c35-24(14-1-8-19-21(11-14)28(39)33-26(19)37)31-17-5-3-16(4-6-17)30-13-18-7-10-23(41-18)32-25(36)15-2-9-20-22(12-15)29(40)34-27(20)38/h1-13H,(H,31,35)(H,32,36)(H,33,37,39)(H,34,38,40)/b30-13+. The van der Waals surface area contributed by atoms with E-state index in [1.165, 1.54) is 47.7 Å². The Balaban J connectivity index is 1.06. The number of aliphatic imine (C=N–C) groups is 1. The maximum Gasteiger partial charge on any atom is 0.258 e. The van der Waals surface area contributed by atoms with E-state index in [0.29, 0.717) is 16.4 Å². The average molecular weight is 564 g/mol. The number of carbonyl (C=O) groups excluding carboxylic acids is 6. The van der Waals surface area contributed by atoms with E-state index in [1.54, 1.807) is 42.6 Å². The average Bonchev–Trinajstić information content (AvgIpc) is 3.62. The van der Waals surface area contributed by atoms with Gasteiger partial charge in [0, 0.05) is 27.9 Å². The van der Waals surface area contributed by atoms with Crippen molar-refractivity contribution in [2.45, 2.75) is 0 Å². The van der Waals surface area contributed by atoms with E-state index in [1.807, 2.05) is 0 Å². The first kappa shape index (κ1) is 25.5. The van der Waals surface area contributed by atoms with Crippen LogP contribution >= 0.6 is 11.3 Å². The van der Waals surface area contributed by atoms with Crippen LogP contribution < -0.4 is 21.3 Å². The highest BCUT2D eigenvalue weighted by Gasteiger charge is 2.28. The van der Waals surface area contributed by atoms with E-state index in [4.69, 9.17) is 0 Å². The summed E-state index contributed by atoms with van der Waals surface area (Å²) >= 11 is 1.30. The molecular formula is C29H17N5O6S. The molecule has 4 aromatic rings. The molecule has 3 aromatic carbocycles. The van der Waals surface area contributed by atoms with Crippen LogP contribution in [0.15, 0.2) is 77.8 Å². The highest BCUT2D eigenvalue weighted by atomic mass is 32.1. The first-order valence-electron chi connectivity index (χ1n) is 12.1. The predicted octanol–water partition coefficient (Wildman–Crippen LogP) is 3.77. The van der Waals surface area contributed by atoms with Gasteiger partial charge in [0.15, 0.2) is 0 Å². The maximum absolute atomic E-state index is 12.7. The van der Waals surface area contributed by atoms with Crippen LogP contribution in [-0.2, 0) is 0 Å². The van der Waals surface area contributed by atoms with Crippen LogP contribution in [0.3, 0.4) is 0 Å². The summed E-state index contributed by atoms with van der Waals surface area (Å²) in [5.74, 6) is -2.87. The third-order valence-corrected chi connectivity index (χ3v) is 7.26. The SMILES string of the molecule is O=C(Nc1ccc(/N=C/c2ccc(NC(=O)c3ccc4c(c3)C(=O)NC4=O)s2)cc1)c1ccc2c(c1)C(=O)NC2=O. The smallest absolute Gasteiger partial charge is 0.258 e. The number of nitrogens with one attached hydrogen (secondary N) is 4. The van der Waals surface area contributed by atoms with Crippen molar-refractivity contribution >= 4 is 69.4 Å². The molecule has 12 heteroatoms. The van der Waals surface area contributed by atoms with Crippen LogP contribution in [0.25, 0.3) is 0 Å². The van der Waals surface area contributed by atoms with Crippen LogP contribution in [0.1, 0.15) is 67.0 Å². The Labute approximate surface area is 235 Å². The lowest BCUT2D eigenvalue weighted by Crippen LogP contribution is -2.19. The summed E-state index contributed by atoms with van der Waals surface area (Å²) in [6.07, 6.45) is 1.64. The third-order valence-electron chi connectivity index (χ3n) is 6.33. The molecule has 0 radical (unpaired) electrons. The molecule has 1 aromatic heterocycles. The molecule has 3 heterocycles. The number of amides is 6. The van der Waals surface area contributed by atoms with Gasteiger partial charge in [-0.2, -0.15) is 0 Å². The molecule has 11 nitrogen and oxygen atoms in total. The van der Waals surface area contributed by atoms with Gasteiger partial charge in [0.2, 0.25) is 0 Å². The molecule has 0 saturated carbocycles. The molecule has 6 rings (SSSR count). The Bertz CT molecular complexity index is 1860. The lowest BCUT2D eigenvalue weighted by molar-refractivity contribution is 0.0863. The number of benzene rings is 3. The van der Waals surface area contributed by atoms with Crippen LogP contribution in [0, 0.1) is 0 Å². The minimum absolute atomic E-state index is 0.165. The quantitative estimate of drug-likeness (QED) is 0.206. The Hall–Kier alpha value is -5.75. The number of thiophene rings is 1. The highest BCUT2D eigenvalue weighted by Crippen LogP contribution is 2.24. The number of anilines is 2. The van der Waals surface area contributed by atoms with Gasteiger partial charge in [-0.25, -0.2) is 0 Å². The van der Waals surface area contributed by atoms with Crippen molar-refractivity contribution in [3.63, 3.8) is 0 Å². The van der Waals surface area contributed by atoms with Gasteiger partial charge in [0.05, 0.1) is 32.9 Å². The van der Waals surface area contributed by atoms with Crippen molar-refractivity contribution < 1.29 is 28.8 Å². The summed E-state index contributed by atoms with van der Waals surface area (Å²) < 4.78 is 0. The Morgan fingerprint density at radius 1 is 0.634 bits per heavy atom. The van der Waals surface area contributed by atoms with Gasteiger partial charge in [-0.05, 0) is 72.8 Å². The van der Waals surface area contributed by atoms with Crippen molar-refractivity contribution in [3.8, 4) is 0 Å². The normalized spacial score (nSPS) is 13.6. The number of carbonyl (C=O) groups is 6. The van der Waals surface area contributed by atoms with Gasteiger partial charge >= 0.3 is 0 Å². The minimum Gasteiger partial charge on any atom is -0.322 e. The number of hydrogen-bond donors (Lipinski definition) is 4. The number of fused-ring (bicyclic) bond motifs is 2. The van der Waals surface area contributed by atoms with Crippen molar-refractivity contribution in [2.75, 3.05) is 10.6 Å². The molecule has 41 heavy (non-hydrogen) atoms. The minimum atomic E-state index is -0.532. The molecule has 6 amide bonds. The first-order valence-corrected chi connectivity index (χ1v) is 12.9. The van der Waals surface area contributed by atoms with E-state index < -0.39 is 35.4 Å². The monoisotopic (exact) mass is 563 g/mol. The molecule has 2 aliphatic rings. The topological polar surface area (TPSA) is 163 Å². The fourth-order valence-corrected chi connectivity index (χ4v) is 5.04. The Morgan fingerprint density at radius 2 is 1.17 bits per heavy atom. The summed E-state index contributed by atoms with van der Waals surface area (Å²) in [5, 5.41) is 10.5. The van der Waals surface area contributed by atoms with Crippen LogP contribution in [-0.4, -0.2) is 41.7 Å². The van der Waals surface area contributed by atoms with Crippen LogP contribution in [0.5, 0.6) is 0 Å². The van der Waals surface area contributed by atoms with Gasteiger partial charge in [-0.1, -0.05) is 0 Å². The van der Waals surface area contributed by atoms with E-state index in [-0.39, 0.29) is 33.4 Å². The fourth-order valence-electron chi connectivity index (χ4n) is 4.26. The van der Waals surface area contributed by atoms with Crippen molar-refractivity contribution in [1.82, 2.24) is 10.6 Å². The predicted molar refractivity (Wildman–Crippen MR) is 150 cm³/mol. The number of nitrogens with zero attached hydrogens (tertiary/aromatic N) is 1. The summed E-state index contributed by atoms with van der Waals surface area (Å²) in [5.41, 5.74) is 2.45. The summed E-state index contributed by atoms with van der Waals surface area (Å²) in [4.78, 5) is 77.6. The maximum atomic E-state index is 12.7. The summed E-state index contributed by atoms with van der Waals surface area (Å²) in [6, 6.07) is 18.9. The molecule has 0 atom stereocenters. The second-order valence-electron chi connectivity index (χ2n) is 9.00. The number of imide groups is 2.